The van der Waals surface area contributed by atoms with E-state index < -0.39 is 5.82 Å². The number of hydrogen-bond donors (Lipinski definition) is 2. The summed E-state index contributed by atoms with van der Waals surface area (Å²) in [6.45, 7) is -0.0680. The molecule has 122 valence electrons. The number of nitrogens with one attached hydrogen (secondary N) is 2. The number of nitrogens with zero attached hydrogens (tertiary/aromatic N) is 4. The summed E-state index contributed by atoms with van der Waals surface area (Å²) in [5.74, 6) is -0.738. The fourth-order valence-electron chi connectivity index (χ4n) is 2.02. The second kappa shape index (κ2) is 7.34. The minimum absolute atomic E-state index is 0.0680. The lowest BCUT2D eigenvalue weighted by Gasteiger charge is -2.10. The van der Waals surface area contributed by atoms with Gasteiger partial charge in [0.25, 0.3) is 0 Å². The number of benzene rings is 2. The van der Waals surface area contributed by atoms with E-state index >= 15 is 0 Å². The summed E-state index contributed by atoms with van der Waals surface area (Å²) in [7, 11) is 0. The molecule has 0 aliphatic rings. The predicted octanol–water partition coefficient (Wildman–Crippen LogP) is 2.46. The van der Waals surface area contributed by atoms with E-state index in [4.69, 9.17) is 0 Å². The van der Waals surface area contributed by atoms with Crippen molar-refractivity contribution in [3.63, 3.8) is 0 Å². The molecule has 1 heterocycles. The van der Waals surface area contributed by atoms with Crippen LogP contribution in [0.25, 0.3) is 5.69 Å². The van der Waals surface area contributed by atoms with Gasteiger partial charge in [-0.3, -0.25) is 4.79 Å². The molecule has 0 saturated carbocycles. The third kappa shape index (κ3) is 4.04. The van der Waals surface area contributed by atoms with Crippen molar-refractivity contribution < 1.29 is 9.18 Å². The van der Waals surface area contributed by atoms with Crippen LogP contribution in [0.15, 0.2) is 48.8 Å². The number of hydrogen-bond acceptors (Lipinski definition) is 5. The maximum absolute atomic E-state index is 13.9. The van der Waals surface area contributed by atoms with Gasteiger partial charge in [-0.25, -0.2) is 9.07 Å². The molecule has 24 heavy (non-hydrogen) atoms. The number of aromatic nitrogens is 4. The number of amides is 1. The van der Waals surface area contributed by atoms with Crippen LogP contribution in [0.3, 0.4) is 0 Å². The molecule has 0 aliphatic carbocycles. The van der Waals surface area contributed by atoms with Crippen LogP contribution in [0.1, 0.15) is 0 Å². The van der Waals surface area contributed by atoms with Gasteiger partial charge in [0.15, 0.2) is 0 Å². The van der Waals surface area contributed by atoms with Gasteiger partial charge in [-0.15, -0.1) is 5.10 Å². The third-order valence-corrected chi connectivity index (χ3v) is 3.78. The van der Waals surface area contributed by atoms with Crippen molar-refractivity contribution in [1.29, 1.82) is 0 Å². The van der Waals surface area contributed by atoms with Crippen LogP contribution in [0.4, 0.5) is 15.8 Å². The van der Waals surface area contributed by atoms with E-state index in [9.17, 15) is 9.18 Å². The van der Waals surface area contributed by atoms with Crippen LogP contribution in [0.2, 0.25) is 0 Å². The summed E-state index contributed by atoms with van der Waals surface area (Å²) in [6.07, 6.45) is 1.40. The number of carbonyl (C=O) groups excluding carboxylic acids is 1. The Morgan fingerprint density at radius 2 is 2.12 bits per heavy atom. The van der Waals surface area contributed by atoms with Crippen molar-refractivity contribution in [3.05, 3.63) is 58.2 Å². The van der Waals surface area contributed by atoms with Gasteiger partial charge < -0.3 is 10.6 Å². The van der Waals surface area contributed by atoms with E-state index in [1.807, 2.05) is 18.2 Å². The Kier molecular flexibility index (Phi) is 4.99. The first-order valence-corrected chi connectivity index (χ1v) is 8.02. The first-order chi connectivity index (χ1) is 11.6. The van der Waals surface area contributed by atoms with E-state index in [-0.39, 0.29) is 18.1 Å². The van der Waals surface area contributed by atoms with Gasteiger partial charge in [-0.2, -0.15) is 0 Å². The molecule has 0 spiro atoms. The molecule has 2 aromatic carbocycles. The highest BCUT2D eigenvalue weighted by Crippen LogP contribution is 2.18. The van der Waals surface area contributed by atoms with Gasteiger partial charge in [-0.05, 0) is 69.4 Å². The van der Waals surface area contributed by atoms with Crippen molar-refractivity contribution in [2.75, 3.05) is 17.2 Å². The molecular weight excluding hydrogens is 426 g/mol. The molecule has 3 rings (SSSR count). The summed E-state index contributed by atoms with van der Waals surface area (Å²) >= 11 is 2.16. The predicted molar refractivity (Wildman–Crippen MR) is 95.4 cm³/mol. The van der Waals surface area contributed by atoms with Crippen LogP contribution in [0.5, 0.6) is 0 Å². The topological polar surface area (TPSA) is 84.7 Å². The number of halogens is 2. The van der Waals surface area contributed by atoms with Gasteiger partial charge in [-0.1, -0.05) is 6.07 Å². The zero-order valence-electron chi connectivity index (χ0n) is 12.3. The van der Waals surface area contributed by atoms with Crippen LogP contribution in [-0.2, 0) is 4.79 Å². The van der Waals surface area contributed by atoms with Crippen LogP contribution in [0, 0.1) is 9.39 Å². The van der Waals surface area contributed by atoms with Crippen molar-refractivity contribution in [2.45, 2.75) is 0 Å². The van der Waals surface area contributed by atoms with E-state index in [2.05, 4.69) is 48.7 Å². The molecule has 9 heteroatoms. The molecule has 1 amide bonds. The zero-order chi connectivity index (χ0) is 16.9. The van der Waals surface area contributed by atoms with Gasteiger partial charge >= 0.3 is 0 Å². The standard InChI is InChI=1S/C15H12FIN6O/c16-13-5-4-12(23-9-19-21-22-23)7-14(13)18-8-15(24)20-11-3-1-2-10(17)6-11/h1-7,9,18H,8H2,(H,20,24). The monoisotopic (exact) mass is 438 g/mol. The molecular formula is C15H12FIN6O. The minimum Gasteiger partial charge on any atom is -0.374 e. The lowest BCUT2D eigenvalue weighted by atomic mass is 10.2. The van der Waals surface area contributed by atoms with Gasteiger partial charge in [0.05, 0.1) is 17.9 Å². The maximum atomic E-state index is 13.9. The summed E-state index contributed by atoms with van der Waals surface area (Å²) in [6, 6.07) is 11.8. The molecule has 0 fully saturated rings. The third-order valence-electron chi connectivity index (χ3n) is 3.11. The second-order valence-electron chi connectivity index (χ2n) is 4.83. The molecule has 7 nitrogen and oxygen atoms in total. The van der Waals surface area contributed by atoms with Crippen LogP contribution in [-0.4, -0.2) is 32.7 Å². The number of anilines is 2. The molecule has 0 atom stereocenters. The Bertz CT molecular complexity index is 855. The molecule has 0 saturated heterocycles. The minimum atomic E-state index is -0.464. The Morgan fingerprint density at radius 1 is 1.25 bits per heavy atom. The molecule has 0 unspecified atom stereocenters. The molecule has 0 radical (unpaired) electrons. The average molecular weight is 438 g/mol. The first kappa shape index (κ1) is 16.3. The summed E-state index contributed by atoms with van der Waals surface area (Å²) < 4.78 is 16.3. The quantitative estimate of drug-likeness (QED) is 0.598. The Morgan fingerprint density at radius 3 is 2.88 bits per heavy atom. The van der Waals surface area contributed by atoms with Crippen molar-refractivity contribution in [3.8, 4) is 5.69 Å². The SMILES string of the molecule is O=C(CNc1cc(-n2cnnn2)ccc1F)Nc1cccc(I)c1. The van der Waals surface area contributed by atoms with Crippen molar-refractivity contribution in [2.24, 2.45) is 0 Å². The van der Waals surface area contributed by atoms with Crippen molar-refractivity contribution in [1.82, 2.24) is 20.2 Å². The number of tetrazole rings is 1. The zero-order valence-corrected chi connectivity index (χ0v) is 14.4. The average Bonchev–Trinajstić information content (AvgIpc) is 3.08. The van der Waals surface area contributed by atoms with Crippen molar-refractivity contribution >= 4 is 39.9 Å². The fraction of sp³-hybridized carbons (Fsp3) is 0.0667. The Balaban J connectivity index is 1.65. The largest absolute Gasteiger partial charge is 0.374 e. The van der Waals surface area contributed by atoms with Gasteiger partial charge in [0.1, 0.15) is 12.1 Å². The number of rotatable bonds is 5. The number of carbonyl (C=O) groups is 1. The van der Waals surface area contributed by atoms with Crippen LogP contribution >= 0.6 is 22.6 Å². The summed E-state index contributed by atoms with van der Waals surface area (Å²) in [5, 5.41) is 16.3. The highest BCUT2D eigenvalue weighted by molar-refractivity contribution is 14.1. The maximum Gasteiger partial charge on any atom is 0.243 e. The molecule has 1 aromatic heterocycles. The highest BCUT2D eigenvalue weighted by atomic mass is 127. The van der Waals surface area contributed by atoms with E-state index in [0.29, 0.717) is 11.4 Å². The first-order valence-electron chi connectivity index (χ1n) is 6.94. The van der Waals surface area contributed by atoms with Crippen LogP contribution < -0.4 is 10.6 Å². The van der Waals surface area contributed by atoms with E-state index in [1.54, 1.807) is 12.1 Å². The summed E-state index contributed by atoms with van der Waals surface area (Å²) in [5.41, 5.74) is 1.47. The van der Waals surface area contributed by atoms with Gasteiger partial charge in [0, 0.05) is 9.26 Å². The second-order valence-corrected chi connectivity index (χ2v) is 6.08. The highest BCUT2D eigenvalue weighted by Gasteiger charge is 2.08. The molecule has 0 bridgehead atoms. The Labute approximate surface area is 150 Å². The molecule has 2 N–H and O–H groups in total. The lowest BCUT2D eigenvalue weighted by Crippen LogP contribution is -2.22. The molecule has 3 aromatic rings. The van der Waals surface area contributed by atoms with E-state index in [1.165, 1.54) is 23.1 Å². The Hall–Kier alpha value is -2.56. The normalized spacial score (nSPS) is 10.4. The lowest BCUT2D eigenvalue weighted by molar-refractivity contribution is -0.114. The molecule has 0 aliphatic heterocycles. The van der Waals surface area contributed by atoms with E-state index in [0.717, 1.165) is 3.57 Å². The van der Waals surface area contributed by atoms with Gasteiger partial charge in [0.2, 0.25) is 5.91 Å². The summed E-state index contributed by atoms with van der Waals surface area (Å²) in [4.78, 5) is 12.0. The fourth-order valence-corrected chi connectivity index (χ4v) is 2.56. The smallest absolute Gasteiger partial charge is 0.243 e.